The Balaban J connectivity index is 2.58. The Kier molecular flexibility index (Phi) is 2.43. The van der Waals surface area contributed by atoms with Crippen molar-refractivity contribution in [2.24, 2.45) is 0 Å². The molecule has 2 aromatic rings. The second-order valence-electron chi connectivity index (χ2n) is 2.62. The van der Waals surface area contributed by atoms with Crippen LogP contribution in [0.3, 0.4) is 0 Å². The van der Waals surface area contributed by atoms with Gasteiger partial charge in [-0.25, -0.2) is 4.21 Å². The molecule has 0 saturated carbocycles. The second-order valence-corrected chi connectivity index (χ2v) is 3.56. The highest BCUT2D eigenvalue weighted by atomic mass is 32.2. The fraction of sp³-hybridized carbons (Fsp3) is 0. The van der Waals surface area contributed by atoms with Crippen LogP contribution in [0, 0.1) is 0 Å². The monoisotopic (exact) mass is 209 g/mol. The van der Waals surface area contributed by atoms with Crippen molar-refractivity contribution in [1.82, 2.24) is 5.16 Å². The van der Waals surface area contributed by atoms with Crippen LogP contribution in [0.15, 0.2) is 45.9 Å². The average molecular weight is 209 g/mol. The second kappa shape index (κ2) is 3.73. The minimum atomic E-state index is -2.01. The molecule has 0 radical (unpaired) electrons. The highest BCUT2D eigenvalue weighted by Crippen LogP contribution is 2.24. The van der Waals surface area contributed by atoms with Gasteiger partial charge in [0.05, 0.1) is 11.1 Å². The Labute approximate surface area is 82.8 Å². The molecule has 0 fully saturated rings. The summed E-state index contributed by atoms with van der Waals surface area (Å²) in [5.74, 6) is 0.489. The van der Waals surface area contributed by atoms with Gasteiger partial charge in [-0.05, 0) is 12.1 Å². The molecule has 1 aromatic heterocycles. The zero-order chi connectivity index (χ0) is 9.97. The third-order valence-electron chi connectivity index (χ3n) is 1.78. The van der Waals surface area contributed by atoms with E-state index in [-0.39, 0.29) is 0 Å². The fourth-order valence-corrected chi connectivity index (χ4v) is 1.73. The fourth-order valence-electron chi connectivity index (χ4n) is 1.18. The van der Waals surface area contributed by atoms with Crippen LogP contribution in [0.5, 0.6) is 0 Å². The van der Waals surface area contributed by atoms with Gasteiger partial charge in [0.1, 0.15) is 0 Å². The Morgan fingerprint density at radius 3 is 2.71 bits per heavy atom. The van der Waals surface area contributed by atoms with E-state index in [9.17, 15) is 4.21 Å². The Morgan fingerprint density at radius 2 is 2.07 bits per heavy atom. The summed E-state index contributed by atoms with van der Waals surface area (Å²) < 4.78 is 24.9. The van der Waals surface area contributed by atoms with E-state index in [0.717, 1.165) is 0 Å². The molecule has 1 heterocycles. The van der Waals surface area contributed by atoms with Gasteiger partial charge in [0, 0.05) is 11.6 Å². The Bertz CT molecular complexity index is 453. The van der Waals surface area contributed by atoms with Crippen LogP contribution in [0.2, 0.25) is 0 Å². The summed E-state index contributed by atoms with van der Waals surface area (Å²) in [7, 11) is 0. The van der Waals surface area contributed by atoms with Crippen molar-refractivity contribution >= 4 is 11.1 Å². The predicted molar refractivity (Wildman–Crippen MR) is 51.0 cm³/mol. The maximum absolute atomic E-state index is 11.0. The molecule has 1 atom stereocenters. The van der Waals surface area contributed by atoms with E-state index in [4.69, 9.17) is 9.08 Å². The third-order valence-corrected chi connectivity index (χ3v) is 2.51. The first kappa shape index (κ1) is 9.11. The zero-order valence-corrected chi connectivity index (χ0v) is 7.90. The number of nitrogens with zero attached hydrogens (tertiary/aromatic N) is 1. The Morgan fingerprint density at radius 1 is 1.29 bits per heavy atom. The first-order valence-electron chi connectivity index (χ1n) is 3.90. The van der Waals surface area contributed by atoms with Gasteiger partial charge in [0.25, 0.3) is 0 Å². The normalized spacial score (nSPS) is 12.6. The third kappa shape index (κ3) is 1.59. The minimum Gasteiger partial charge on any atom is -0.356 e. The lowest BCUT2D eigenvalue weighted by Gasteiger charge is -2.00. The van der Waals surface area contributed by atoms with Gasteiger partial charge in [-0.2, -0.15) is 0 Å². The van der Waals surface area contributed by atoms with Crippen LogP contribution < -0.4 is 0 Å². The number of aromatic nitrogens is 1. The van der Waals surface area contributed by atoms with Crippen LogP contribution in [0.25, 0.3) is 11.3 Å². The van der Waals surface area contributed by atoms with Crippen molar-refractivity contribution in [3.63, 3.8) is 0 Å². The van der Waals surface area contributed by atoms with Crippen molar-refractivity contribution in [2.45, 2.75) is 4.90 Å². The van der Waals surface area contributed by atoms with Crippen molar-refractivity contribution in [3.05, 3.63) is 36.5 Å². The van der Waals surface area contributed by atoms with E-state index in [1.165, 1.54) is 6.20 Å². The maximum Gasteiger partial charge on any atom is 0.187 e. The van der Waals surface area contributed by atoms with Gasteiger partial charge in [-0.3, -0.25) is 0 Å². The number of hydrogen-bond donors (Lipinski definition) is 1. The van der Waals surface area contributed by atoms with Crippen molar-refractivity contribution in [1.29, 1.82) is 0 Å². The number of hydrogen-bond acceptors (Lipinski definition) is 3. The largest absolute Gasteiger partial charge is 0.356 e. The summed E-state index contributed by atoms with van der Waals surface area (Å²) in [4.78, 5) is 0.323. The molecule has 0 saturated heterocycles. The lowest BCUT2D eigenvalue weighted by Crippen LogP contribution is -1.91. The summed E-state index contributed by atoms with van der Waals surface area (Å²) >= 11 is -2.01. The molecule has 1 aromatic carbocycles. The van der Waals surface area contributed by atoms with Crippen LogP contribution >= 0.6 is 0 Å². The SMILES string of the molecule is O=S(O)c1ccccc1-c1ccno1. The van der Waals surface area contributed by atoms with Crippen LogP contribution in [-0.4, -0.2) is 13.9 Å². The van der Waals surface area contributed by atoms with Gasteiger partial charge in [-0.15, -0.1) is 0 Å². The Hall–Kier alpha value is -1.46. The van der Waals surface area contributed by atoms with E-state index in [2.05, 4.69) is 5.16 Å². The summed E-state index contributed by atoms with van der Waals surface area (Å²) in [5, 5.41) is 3.54. The molecule has 0 spiro atoms. The van der Waals surface area contributed by atoms with Crippen LogP contribution in [0.4, 0.5) is 0 Å². The molecular formula is C9H7NO3S. The average Bonchev–Trinajstić information content (AvgIpc) is 2.70. The van der Waals surface area contributed by atoms with Gasteiger partial charge in [0.2, 0.25) is 0 Å². The molecule has 0 bridgehead atoms. The smallest absolute Gasteiger partial charge is 0.187 e. The van der Waals surface area contributed by atoms with Gasteiger partial charge < -0.3 is 9.08 Å². The zero-order valence-electron chi connectivity index (χ0n) is 7.08. The topological polar surface area (TPSA) is 63.3 Å². The summed E-state index contributed by atoms with van der Waals surface area (Å²) in [6.07, 6.45) is 1.49. The van der Waals surface area contributed by atoms with Crippen molar-refractivity contribution in [2.75, 3.05) is 0 Å². The highest BCUT2D eigenvalue weighted by molar-refractivity contribution is 7.79. The lowest BCUT2D eigenvalue weighted by molar-refractivity contribution is 0.431. The van der Waals surface area contributed by atoms with Crippen molar-refractivity contribution in [3.8, 4) is 11.3 Å². The molecule has 72 valence electrons. The molecule has 0 amide bonds. The van der Waals surface area contributed by atoms with Crippen LogP contribution in [0.1, 0.15) is 0 Å². The van der Waals surface area contributed by atoms with E-state index < -0.39 is 11.1 Å². The molecule has 14 heavy (non-hydrogen) atoms. The highest BCUT2D eigenvalue weighted by Gasteiger charge is 2.11. The molecule has 2 rings (SSSR count). The minimum absolute atomic E-state index is 0.323. The first-order valence-corrected chi connectivity index (χ1v) is 5.00. The van der Waals surface area contributed by atoms with E-state index in [0.29, 0.717) is 16.2 Å². The van der Waals surface area contributed by atoms with Gasteiger partial charge in [-0.1, -0.05) is 17.3 Å². The lowest BCUT2D eigenvalue weighted by atomic mass is 10.2. The molecule has 0 aliphatic carbocycles. The summed E-state index contributed by atoms with van der Waals surface area (Å²) in [6.45, 7) is 0. The quantitative estimate of drug-likeness (QED) is 0.767. The van der Waals surface area contributed by atoms with Gasteiger partial charge in [0.15, 0.2) is 16.8 Å². The molecule has 0 aliphatic heterocycles. The summed E-state index contributed by atoms with van der Waals surface area (Å²) in [6, 6.07) is 8.40. The molecule has 4 nitrogen and oxygen atoms in total. The van der Waals surface area contributed by atoms with E-state index in [1.54, 1.807) is 30.3 Å². The van der Waals surface area contributed by atoms with E-state index >= 15 is 0 Å². The molecule has 5 heteroatoms. The standard InChI is InChI=1S/C9H7NO3S/c11-14(12)9-4-2-1-3-7(9)8-5-6-10-13-8/h1-6H,(H,11,12). The maximum atomic E-state index is 11.0. The van der Waals surface area contributed by atoms with Crippen LogP contribution in [-0.2, 0) is 11.1 Å². The number of rotatable bonds is 2. The first-order chi connectivity index (χ1) is 6.79. The predicted octanol–water partition coefficient (Wildman–Crippen LogP) is 1.92. The molecule has 1 N–H and O–H groups in total. The van der Waals surface area contributed by atoms with E-state index in [1.807, 2.05) is 0 Å². The van der Waals surface area contributed by atoms with Crippen molar-refractivity contribution < 1.29 is 13.3 Å². The summed E-state index contributed by atoms with van der Waals surface area (Å²) in [5.41, 5.74) is 0.589. The molecule has 1 unspecified atom stereocenters. The molecular weight excluding hydrogens is 202 g/mol. The van der Waals surface area contributed by atoms with Gasteiger partial charge >= 0.3 is 0 Å². The number of benzene rings is 1. The molecule has 0 aliphatic rings.